The second-order valence-electron chi connectivity index (χ2n) is 7.74. The summed E-state index contributed by atoms with van der Waals surface area (Å²) in [5, 5.41) is 1.54. The van der Waals surface area contributed by atoms with Crippen LogP contribution in [0.25, 0.3) is 33.3 Å². The minimum atomic E-state index is -0.485. The van der Waals surface area contributed by atoms with Gasteiger partial charge < -0.3 is 18.3 Å². The normalized spacial score (nSPS) is 11.1. The van der Waals surface area contributed by atoms with Crippen molar-refractivity contribution in [2.75, 3.05) is 7.11 Å². The van der Waals surface area contributed by atoms with E-state index < -0.39 is 11.6 Å². The number of hydrogen-bond donors (Lipinski definition) is 0. The lowest BCUT2D eigenvalue weighted by Crippen LogP contribution is -2.12. The molecule has 0 atom stereocenters. The number of para-hydroxylation sites is 1. The molecule has 33 heavy (non-hydrogen) atoms. The third-order valence-electron chi connectivity index (χ3n) is 5.46. The quantitative estimate of drug-likeness (QED) is 0.199. The Morgan fingerprint density at radius 1 is 0.909 bits per heavy atom. The number of methoxy groups -OCH3 is 1. The van der Waals surface area contributed by atoms with E-state index in [1.165, 1.54) is 6.07 Å². The topological polar surface area (TPSA) is 78.9 Å². The number of esters is 1. The molecule has 2 heterocycles. The predicted octanol–water partition coefficient (Wildman–Crippen LogP) is 5.67. The van der Waals surface area contributed by atoms with Crippen molar-refractivity contribution in [1.29, 1.82) is 0 Å². The van der Waals surface area contributed by atoms with E-state index in [0.29, 0.717) is 39.2 Å². The molecule has 6 heteroatoms. The van der Waals surface area contributed by atoms with Gasteiger partial charge in [-0.05, 0) is 54.4 Å². The van der Waals surface area contributed by atoms with E-state index in [9.17, 15) is 9.59 Å². The number of carbonyl (C=O) groups excluding carboxylic acids is 1. The molecule has 0 aliphatic rings. The molecule has 3 aromatic carbocycles. The van der Waals surface area contributed by atoms with Gasteiger partial charge in [0.15, 0.2) is 0 Å². The molecule has 6 nitrogen and oxygen atoms in total. The summed E-state index contributed by atoms with van der Waals surface area (Å²) in [7, 11) is 1.59. The van der Waals surface area contributed by atoms with Crippen LogP contribution < -0.4 is 15.1 Å². The molecule has 164 valence electrons. The summed E-state index contributed by atoms with van der Waals surface area (Å²) in [5.41, 5.74) is 2.69. The lowest BCUT2D eigenvalue weighted by atomic mass is 10.0. The maximum Gasteiger partial charge on any atom is 0.336 e. The molecule has 5 rings (SSSR count). The Morgan fingerprint density at radius 3 is 2.45 bits per heavy atom. The first kappa shape index (κ1) is 20.6. The van der Waals surface area contributed by atoms with Gasteiger partial charge in [-0.3, -0.25) is 4.79 Å². The van der Waals surface area contributed by atoms with Gasteiger partial charge in [-0.15, -0.1) is 0 Å². The Bertz CT molecular complexity index is 1510. The number of benzene rings is 3. The van der Waals surface area contributed by atoms with Gasteiger partial charge in [-0.25, -0.2) is 4.79 Å². The van der Waals surface area contributed by atoms with Crippen LogP contribution in [0.4, 0.5) is 0 Å². The Labute approximate surface area is 189 Å². The Morgan fingerprint density at radius 2 is 1.70 bits per heavy atom. The van der Waals surface area contributed by atoms with Crippen molar-refractivity contribution in [2.24, 2.45) is 0 Å². The van der Waals surface area contributed by atoms with Crippen molar-refractivity contribution in [3.63, 3.8) is 0 Å². The van der Waals surface area contributed by atoms with Gasteiger partial charge in [-0.2, -0.15) is 0 Å². The highest BCUT2D eigenvalue weighted by Gasteiger charge is 2.16. The number of fused-ring (bicyclic) bond motifs is 2. The van der Waals surface area contributed by atoms with Gasteiger partial charge in [0.2, 0.25) is 0 Å². The molecule has 0 saturated carbocycles. The standard InChI is InChI=1S/C27H20O6/c1-16-11-24-20(14-23(16)32-26(28)12-17-7-9-19(30-2)10-8-17)21(15-27(29)33-24)25-13-18-5-3-4-6-22(18)31-25/h3-11,13-15H,12H2,1-2H3. The van der Waals surface area contributed by atoms with Crippen LogP contribution in [-0.2, 0) is 11.2 Å². The molecular weight excluding hydrogens is 420 g/mol. The molecular formula is C27H20O6. The zero-order chi connectivity index (χ0) is 22.9. The molecule has 0 aliphatic heterocycles. The molecule has 5 aromatic rings. The van der Waals surface area contributed by atoms with Gasteiger partial charge in [-0.1, -0.05) is 30.3 Å². The molecule has 0 N–H and O–H groups in total. The van der Waals surface area contributed by atoms with E-state index in [1.807, 2.05) is 42.5 Å². The fraction of sp³-hybridized carbons (Fsp3) is 0.111. The maximum absolute atomic E-state index is 12.6. The molecule has 0 saturated heterocycles. The molecule has 0 fully saturated rings. The van der Waals surface area contributed by atoms with Crippen molar-refractivity contribution < 1.29 is 23.1 Å². The highest BCUT2D eigenvalue weighted by atomic mass is 16.5. The summed E-state index contributed by atoms with van der Waals surface area (Å²) >= 11 is 0. The summed E-state index contributed by atoms with van der Waals surface area (Å²) in [4.78, 5) is 24.8. The second kappa shape index (κ2) is 8.31. The summed E-state index contributed by atoms with van der Waals surface area (Å²) in [6, 6.07) is 21.5. The van der Waals surface area contributed by atoms with Crippen molar-refractivity contribution in [2.45, 2.75) is 13.3 Å². The lowest BCUT2D eigenvalue weighted by molar-refractivity contribution is -0.133. The first-order valence-corrected chi connectivity index (χ1v) is 10.4. The number of carbonyl (C=O) groups is 1. The highest BCUT2D eigenvalue weighted by molar-refractivity contribution is 5.96. The Balaban J connectivity index is 1.51. The van der Waals surface area contributed by atoms with Gasteiger partial charge >= 0.3 is 11.6 Å². The third kappa shape index (κ3) is 4.11. The average Bonchev–Trinajstić information content (AvgIpc) is 3.24. The van der Waals surface area contributed by atoms with Crippen LogP contribution in [0.2, 0.25) is 0 Å². The summed E-state index contributed by atoms with van der Waals surface area (Å²) in [6.07, 6.45) is 0.113. The van der Waals surface area contributed by atoms with Crippen LogP contribution in [0.15, 0.2) is 86.4 Å². The van der Waals surface area contributed by atoms with Crippen LogP contribution >= 0.6 is 0 Å². The minimum Gasteiger partial charge on any atom is -0.497 e. The van der Waals surface area contributed by atoms with E-state index in [2.05, 4.69) is 0 Å². The lowest BCUT2D eigenvalue weighted by Gasteiger charge is -2.10. The van der Waals surface area contributed by atoms with Gasteiger partial charge in [0.05, 0.1) is 13.5 Å². The van der Waals surface area contributed by atoms with Crippen molar-refractivity contribution >= 4 is 27.9 Å². The maximum atomic E-state index is 12.6. The van der Waals surface area contributed by atoms with Crippen molar-refractivity contribution in [3.05, 3.63) is 94.3 Å². The van der Waals surface area contributed by atoms with Crippen LogP contribution in [0, 0.1) is 6.92 Å². The van der Waals surface area contributed by atoms with Crippen LogP contribution in [-0.4, -0.2) is 13.1 Å². The largest absolute Gasteiger partial charge is 0.497 e. The van der Waals surface area contributed by atoms with Crippen LogP contribution in [0.1, 0.15) is 11.1 Å². The molecule has 0 bridgehead atoms. The number of ether oxygens (including phenoxy) is 2. The number of aryl methyl sites for hydroxylation is 1. The van der Waals surface area contributed by atoms with Crippen LogP contribution in [0.5, 0.6) is 11.5 Å². The fourth-order valence-electron chi connectivity index (χ4n) is 3.79. The highest BCUT2D eigenvalue weighted by Crippen LogP contribution is 2.35. The molecule has 0 radical (unpaired) electrons. The minimum absolute atomic E-state index is 0.113. The molecule has 0 aliphatic carbocycles. The molecule has 0 amide bonds. The molecule has 0 unspecified atom stereocenters. The van der Waals surface area contributed by atoms with Crippen molar-refractivity contribution in [3.8, 4) is 22.8 Å². The Kier molecular flexibility index (Phi) is 5.18. The second-order valence-corrected chi connectivity index (χ2v) is 7.74. The first-order chi connectivity index (χ1) is 16.0. The Hall–Kier alpha value is -4.32. The number of rotatable bonds is 5. The summed E-state index contributed by atoms with van der Waals surface area (Å²) in [6.45, 7) is 1.79. The van der Waals surface area contributed by atoms with Crippen LogP contribution in [0.3, 0.4) is 0 Å². The van der Waals surface area contributed by atoms with E-state index in [-0.39, 0.29) is 6.42 Å². The first-order valence-electron chi connectivity index (χ1n) is 10.4. The van der Waals surface area contributed by atoms with E-state index in [4.69, 9.17) is 18.3 Å². The number of furan rings is 1. The van der Waals surface area contributed by atoms with Gasteiger partial charge in [0, 0.05) is 22.4 Å². The van der Waals surface area contributed by atoms with E-state index in [1.54, 1.807) is 38.3 Å². The zero-order valence-corrected chi connectivity index (χ0v) is 18.1. The van der Waals surface area contributed by atoms with Crippen molar-refractivity contribution in [1.82, 2.24) is 0 Å². The predicted molar refractivity (Wildman–Crippen MR) is 125 cm³/mol. The molecule has 0 spiro atoms. The van der Waals surface area contributed by atoms with Gasteiger partial charge in [0.25, 0.3) is 0 Å². The van der Waals surface area contributed by atoms with E-state index in [0.717, 1.165) is 16.7 Å². The zero-order valence-electron chi connectivity index (χ0n) is 18.1. The SMILES string of the molecule is COc1ccc(CC(=O)Oc2cc3c(-c4cc5ccccc5o4)cc(=O)oc3cc2C)cc1. The summed E-state index contributed by atoms with van der Waals surface area (Å²) < 4.78 is 22.2. The van der Waals surface area contributed by atoms with E-state index >= 15 is 0 Å². The average molecular weight is 440 g/mol. The monoisotopic (exact) mass is 440 g/mol. The molecule has 2 aromatic heterocycles. The fourth-order valence-corrected chi connectivity index (χ4v) is 3.79. The van der Waals surface area contributed by atoms with Gasteiger partial charge in [0.1, 0.15) is 28.4 Å². The number of hydrogen-bond acceptors (Lipinski definition) is 6. The smallest absolute Gasteiger partial charge is 0.336 e. The third-order valence-corrected chi connectivity index (χ3v) is 5.46. The summed E-state index contributed by atoms with van der Waals surface area (Å²) in [5.74, 6) is 1.25.